The van der Waals surface area contributed by atoms with Crippen molar-refractivity contribution in [3.63, 3.8) is 0 Å². The lowest BCUT2D eigenvalue weighted by molar-refractivity contribution is -0.124. The molecule has 0 spiro atoms. The zero-order valence-corrected chi connectivity index (χ0v) is 6.99. The molecular weight excluding hydrogens is 172 g/mol. The Balaban J connectivity index is 1.91. The standard InChI is InChI=1S/C7H10N4O2/c12-7(5-2-1-3-13-5)9-6-4-8-11-10-6/h4-5H,1-3H2,(H2,8,9,10,11,12). The molecule has 1 aromatic heterocycles. The van der Waals surface area contributed by atoms with Crippen LogP contribution in [0.1, 0.15) is 12.8 Å². The third-order valence-corrected chi connectivity index (χ3v) is 1.89. The number of carbonyl (C=O) groups excluding carboxylic acids is 1. The van der Waals surface area contributed by atoms with Crippen LogP contribution in [0.15, 0.2) is 6.20 Å². The molecule has 1 fully saturated rings. The fourth-order valence-electron chi connectivity index (χ4n) is 1.25. The molecule has 1 unspecified atom stereocenters. The predicted octanol–water partition coefficient (Wildman–Crippen LogP) is -0.0778. The number of nitrogens with one attached hydrogen (secondary N) is 2. The second-order valence-corrected chi connectivity index (χ2v) is 2.85. The lowest BCUT2D eigenvalue weighted by atomic mass is 10.2. The fourth-order valence-corrected chi connectivity index (χ4v) is 1.25. The first-order chi connectivity index (χ1) is 6.36. The molecule has 2 heterocycles. The van der Waals surface area contributed by atoms with Crippen LogP contribution in [0.5, 0.6) is 0 Å². The summed E-state index contributed by atoms with van der Waals surface area (Å²) in [5, 5.41) is 12.3. The number of rotatable bonds is 2. The van der Waals surface area contributed by atoms with E-state index in [-0.39, 0.29) is 12.0 Å². The number of H-pyrrole nitrogens is 1. The van der Waals surface area contributed by atoms with Gasteiger partial charge in [0.05, 0.1) is 6.20 Å². The summed E-state index contributed by atoms with van der Waals surface area (Å²) in [5.41, 5.74) is 0. The summed E-state index contributed by atoms with van der Waals surface area (Å²) in [7, 11) is 0. The highest BCUT2D eigenvalue weighted by Crippen LogP contribution is 2.13. The van der Waals surface area contributed by atoms with E-state index in [2.05, 4.69) is 20.7 Å². The maximum absolute atomic E-state index is 11.4. The topological polar surface area (TPSA) is 79.9 Å². The average molecular weight is 182 g/mol. The van der Waals surface area contributed by atoms with Crippen molar-refractivity contribution >= 4 is 11.7 Å². The molecule has 0 aliphatic carbocycles. The van der Waals surface area contributed by atoms with Gasteiger partial charge in [0.1, 0.15) is 6.10 Å². The normalized spacial score (nSPS) is 21.7. The molecule has 6 heteroatoms. The molecular formula is C7H10N4O2. The van der Waals surface area contributed by atoms with Gasteiger partial charge < -0.3 is 10.1 Å². The second-order valence-electron chi connectivity index (χ2n) is 2.85. The van der Waals surface area contributed by atoms with E-state index in [4.69, 9.17) is 4.74 Å². The summed E-state index contributed by atoms with van der Waals surface area (Å²) in [6.07, 6.45) is 2.85. The van der Waals surface area contributed by atoms with E-state index in [0.717, 1.165) is 12.8 Å². The highest BCUT2D eigenvalue weighted by molar-refractivity contribution is 5.93. The lowest BCUT2D eigenvalue weighted by Crippen LogP contribution is -2.26. The van der Waals surface area contributed by atoms with Gasteiger partial charge in [-0.15, -0.1) is 5.10 Å². The minimum atomic E-state index is -0.323. The number of carbonyl (C=O) groups is 1. The molecule has 6 nitrogen and oxygen atoms in total. The molecule has 0 aromatic carbocycles. The molecule has 0 saturated carbocycles. The van der Waals surface area contributed by atoms with Crippen LogP contribution < -0.4 is 5.32 Å². The summed E-state index contributed by atoms with van der Waals surface area (Å²) in [6, 6.07) is 0. The number of hydrogen-bond donors (Lipinski definition) is 2. The summed E-state index contributed by atoms with van der Waals surface area (Å²) in [4.78, 5) is 11.4. The van der Waals surface area contributed by atoms with Gasteiger partial charge >= 0.3 is 0 Å². The van der Waals surface area contributed by atoms with Crippen molar-refractivity contribution in [2.24, 2.45) is 0 Å². The van der Waals surface area contributed by atoms with Crippen molar-refractivity contribution in [3.8, 4) is 0 Å². The summed E-state index contributed by atoms with van der Waals surface area (Å²) in [5.74, 6) is 0.284. The predicted molar refractivity (Wildman–Crippen MR) is 44.0 cm³/mol. The molecule has 13 heavy (non-hydrogen) atoms. The number of hydrogen-bond acceptors (Lipinski definition) is 4. The van der Waals surface area contributed by atoms with Crippen LogP contribution in [0.2, 0.25) is 0 Å². The van der Waals surface area contributed by atoms with Crippen molar-refractivity contribution in [2.45, 2.75) is 18.9 Å². The highest BCUT2D eigenvalue weighted by atomic mass is 16.5. The van der Waals surface area contributed by atoms with Gasteiger partial charge in [0.15, 0.2) is 5.82 Å². The van der Waals surface area contributed by atoms with E-state index in [1.54, 1.807) is 0 Å². The van der Waals surface area contributed by atoms with Crippen molar-refractivity contribution in [3.05, 3.63) is 6.20 Å². The van der Waals surface area contributed by atoms with Gasteiger partial charge in [-0.3, -0.25) is 4.79 Å². The zero-order chi connectivity index (χ0) is 9.10. The Labute approximate surface area is 74.7 Å². The molecule has 70 valence electrons. The number of aromatic nitrogens is 3. The van der Waals surface area contributed by atoms with Gasteiger partial charge in [-0.25, -0.2) is 0 Å². The number of nitrogens with zero attached hydrogens (tertiary/aromatic N) is 2. The molecule has 0 bridgehead atoms. The van der Waals surface area contributed by atoms with Gasteiger partial charge in [-0.2, -0.15) is 10.3 Å². The van der Waals surface area contributed by atoms with E-state index < -0.39 is 0 Å². The number of amides is 1. The van der Waals surface area contributed by atoms with Crippen LogP contribution in [0.25, 0.3) is 0 Å². The number of anilines is 1. The first kappa shape index (κ1) is 8.18. The Morgan fingerprint density at radius 2 is 2.69 bits per heavy atom. The van der Waals surface area contributed by atoms with Crippen LogP contribution >= 0.6 is 0 Å². The number of ether oxygens (including phenoxy) is 1. The van der Waals surface area contributed by atoms with Gasteiger partial charge in [-0.05, 0) is 12.8 Å². The molecule has 1 aromatic rings. The fraction of sp³-hybridized carbons (Fsp3) is 0.571. The van der Waals surface area contributed by atoms with Gasteiger partial charge in [0, 0.05) is 6.61 Å². The third kappa shape index (κ3) is 1.83. The molecule has 2 N–H and O–H groups in total. The molecule has 1 aliphatic rings. The molecule has 1 atom stereocenters. The average Bonchev–Trinajstić information content (AvgIpc) is 2.74. The Morgan fingerprint density at radius 3 is 3.31 bits per heavy atom. The Kier molecular flexibility index (Phi) is 2.22. The summed E-state index contributed by atoms with van der Waals surface area (Å²) < 4.78 is 5.19. The molecule has 0 radical (unpaired) electrons. The monoisotopic (exact) mass is 182 g/mol. The van der Waals surface area contributed by atoms with Crippen molar-refractivity contribution in [1.29, 1.82) is 0 Å². The van der Waals surface area contributed by atoms with Gasteiger partial charge in [-0.1, -0.05) is 0 Å². The summed E-state index contributed by atoms with van der Waals surface area (Å²) >= 11 is 0. The maximum Gasteiger partial charge on any atom is 0.254 e. The first-order valence-electron chi connectivity index (χ1n) is 4.14. The molecule has 1 saturated heterocycles. The largest absolute Gasteiger partial charge is 0.368 e. The van der Waals surface area contributed by atoms with E-state index in [1.165, 1.54) is 6.20 Å². The van der Waals surface area contributed by atoms with Gasteiger partial charge in [0.2, 0.25) is 0 Å². The van der Waals surface area contributed by atoms with Crippen molar-refractivity contribution in [1.82, 2.24) is 15.4 Å². The van der Waals surface area contributed by atoms with E-state index in [9.17, 15) is 4.79 Å². The Hall–Kier alpha value is -1.43. The van der Waals surface area contributed by atoms with Crippen LogP contribution in [-0.2, 0) is 9.53 Å². The van der Waals surface area contributed by atoms with Crippen LogP contribution in [0, 0.1) is 0 Å². The number of aromatic amines is 1. The van der Waals surface area contributed by atoms with Crippen LogP contribution in [-0.4, -0.2) is 34.0 Å². The minimum absolute atomic E-state index is 0.147. The maximum atomic E-state index is 11.4. The second kappa shape index (κ2) is 3.53. The SMILES string of the molecule is O=C(Nc1cn[nH]n1)C1CCCO1. The van der Waals surface area contributed by atoms with Crippen molar-refractivity contribution < 1.29 is 9.53 Å². The zero-order valence-electron chi connectivity index (χ0n) is 6.99. The first-order valence-corrected chi connectivity index (χ1v) is 4.14. The van der Waals surface area contributed by atoms with Crippen molar-refractivity contribution in [2.75, 3.05) is 11.9 Å². The van der Waals surface area contributed by atoms with E-state index in [1.807, 2.05) is 0 Å². The van der Waals surface area contributed by atoms with Gasteiger partial charge in [0.25, 0.3) is 5.91 Å². The smallest absolute Gasteiger partial charge is 0.254 e. The quantitative estimate of drug-likeness (QED) is 0.670. The molecule has 2 rings (SSSR count). The third-order valence-electron chi connectivity index (χ3n) is 1.89. The Morgan fingerprint density at radius 1 is 1.77 bits per heavy atom. The Bertz CT molecular complexity index is 279. The van der Waals surface area contributed by atoms with Crippen LogP contribution in [0.4, 0.5) is 5.82 Å². The minimum Gasteiger partial charge on any atom is -0.368 e. The van der Waals surface area contributed by atoms with Crippen LogP contribution in [0.3, 0.4) is 0 Å². The highest BCUT2D eigenvalue weighted by Gasteiger charge is 2.23. The summed E-state index contributed by atoms with van der Waals surface area (Å²) in [6.45, 7) is 0.664. The van der Waals surface area contributed by atoms with E-state index in [0.29, 0.717) is 12.4 Å². The molecule has 1 aliphatic heterocycles. The lowest BCUT2D eigenvalue weighted by Gasteiger charge is -2.07. The molecule has 1 amide bonds. The van der Waals surface area contributed by atoms with E-state index >= 15 is 0 Å².